The van der Waals surface area contributed by atoms with E-state index in [4.69, 9.17) is 0 Å². The molecule has 0 nitrogen and oxygen atoms in total. The van der Waals surface area contributed by atoms with Gasteiger partial charge < -0.3 is 0 Å². The molecule has 11 heavy (non-hydrogen) atoms. The lowest BCUT2D eigenvalue weighted by Crippen LogP contribution is -1.84. The summed E-state index contributed by atoms with van der Waals surface area (Å²) in [6, 6.07) is 4.48. The van der Waals surface area contributed by atoms with Crippen LogP contribution in [0, 0.1) is 13.8 Å². The van der Waals surface area contributed by atoms with Gasteiger partial charge in [0.25, 0.3) is 0 Å². The van der Waals surface area contributed by atoms with Crippen molar-refractivity contribution in [1.82, 2.24) is 0 Å². The van der Waals surface area contributed by atoms with Crippen molar-refractivity contribution in [3.05, 3.63) is 28.3 Å². The van der Waals surface area contributed by atoms with Crippen molar-refractivity contribution >= 4 is 8.19 Å². The molecular weight excluding hydrogens is 151 g/mol. The predicted molar refractivity (Wildman–Crippen MR) is 52.5 cm³/mol. The summed E-state index contributed by atoms with van der Waals surface area (Å²) >= 11 is 0. The Balaban J connectivity index is 3.05. The van der Waals surface area contributed by atoms with Crippen LogP contribution in [-0.2, 0) is 0 Å². The van der Waals surface area contributed by atoms with Gasteiger partial charge in [0.2, 0.25) is 0 Å². The van der Waals surface area contributed by atoms with Crippen LogP contribution < -0.4 is 0 Å². The molecule has 0 amide bonds. The first-order valence-electron chi connectivity index (χ1n) is 4.05. The van der Waals surface area contributed by atoms with Crippen LogP contribution in [-0.4, -0.2) is 0 Å². The molecule has 0 aromatic carbocycles. The van der Waals surface area contributed by atoms with Gasteiger partial charge in [-0.25, -0.2) is 0 Å². The maximum Gasteiger partial charge on any atom is -0.0175 e. The monoisotopic (exact) mass is 166 g/mol. The molecule has 0 atom stereocenters. The molecule has 0 N–H and O–H groups in total. The van der Waals surface area contributed by atoms with E-state index in [9.17, 15) is 0 Å². The van der Waals surface area contributed by atoms with Gasteiger partial charge in [0.15, 0.2) is 0 Å². The highest BCUT2D eigenvalue weighted by molar-refractivity contribution is 7.31. The van der Waals surface area contributed by atoms with E-state index in [0.29, 0.717) is 5.92 Å². The highest BCUT2D eigenvalue weighted by Gasteiger charge is 2.00. The quantitative estimate of drug-likeness (QED) is 0.591. The summed E-state index contributed by atoms with van der Waals surface area (Å²) in [5.74, 6) is 0.691. The van der Waals surface area contributed by atoms with Crippen molar-refractivity contribution < 1.29 is 0 Å². The molecule has 0 unspecified atom stereocenters. The number of hydrogen-bond donors (Lipinski definition) is 0. The third-order valence-electron chi connectivity index (χ3n) is 1.96. The molecule has 1 rings (SSSR count). The maximum absolute atomic E-state index is 2.26. The van der Waals surface area contributed by atoms with E-state index in [2.05, 4.69) is 39.8 Å². The molecule has 1 aromatic rings. The molecule has 1 aromatic heterocycles. The van der Waals surface area contributed by atoms with E-state index in [0.717, 1.165) is 0 Å². The van der Waals surface area contributed by atoms with Gasteiger partial charge >= 0.3 is 0 Å². The molecule has 60 valence electrons. The summed E-state index contributed by atoms with van der Waals surface area (Å²) in [7, 11) is 1.42. The van der Waals surface area contributed by atoms with E-state index in [-0.39, 0.29) is 0 Å². The Morgan fingerprint density at radius 3 is 2.27 bits per heavy atom. The summed E-state index contributed by atoms with van der Waals surface area (Å²) < 4.78 is 0. The summed E-state index contributed by atoms with van der Waals surface area (Å²) in [6.45, 7) is 8.89. The van der Waals surface area contributed by atoms with Crippen molar-refractivity contribution in [1.29, 1.82) is 0 Å². The lowest BCUT2D eigenvalue weighted by molar-refractivity contribution is 0.888. The molecule has 0 bridgehead atoms. The smallest absolute Gasteiger partial charge is 0.0175 e. The highest BCUT2D eigenvalue weighted by Crippen LogP contribution is 2.28. The van der Waals surface area contributed by atoms with Crippen LogP contribution in [0.25, 0.3) is 0 Å². The van der Waals surface area contributed by atoms with Gasteiger partial charge in [0.05, 0.1) is 0 Å². The minimum Gasteiger partial charge on any atom is -0.0691 e. The van der Waals surface area contributed by atoms with Gasteiger partial charge in [-0.1, -0.05) is 34.2 Å². The third-order valence-corrected chi connectivity index (χ3v) is 3.57. The Morgan fingerprint density at radius 1 is 1.18 bits per heavy atom. The molecular formula is C10H15P. The lowest BCUT2D eigenvalue weighted by atomic mass is 10.1. The Labute approximate surface area is 70.8 Å². The molecule has 0 aliphatic rings. The van der Waals surface area contributed by atoms with Gasteiger partial charge in [0.1, 0.15) is 0 Å². The van der Waals surface area contributed by atoms with Crippen LogP contribution in [0.1, 0.15) is 35.9 Å². The molecule has 1 heterocycles. The topological polar surface area (TPSA) is 0 Å². The summed E-state index contributed by atoms with van der Waals surface area (Å²) in [4.78, 5) is 0. The van der Waals surface area contributed by atoms with Crippen LogP contribution in [0.2, 0.25) is 0 Å². The Hall–Kier alpha value is -0.350. The van der Waals surface area contributed by atoms with Crippen molar-refractivity contribution in [3.63, 3.8) is 0 Å². The number of hydrogen-bond acceptors (Lipinski definition) is 0. The van der Waals surface area contributed by atoms with E-state index >= 15 is 0 Å². The maximum atomic E-state index is 2.26. The second-order valence-corrected chi connectivity index (χ2v) is 4.70. The fourth-order valence-electron chi connectivity index (χ4n) is 0.972. The first-order valence-corrected chi connectivity index (χ1v) is 4.95. The largest absolute Gasteiger partial charge is 0.0691 e. The first kappa shape index (κ1) is 8.74. The van der Waals surface area contributed by atoms with Gasteiger partial charge in [-0.15, -0.1) is 0 Å². The van der Waals surface area contributed by atoms with Crippen molar-refractivity contribution in [2.45, 2.75) is 33.6 Å². The van der Waals surface area contributed by atoms with E-state index < -0.39 is 0 Å². The molecule has 0 spiro atoms. The highest BCUT2D eigenvalue weighted by atomic mass is 31.0. The average Bonchev–Trinajstić information content (AvgIpc) is 1.94. The molecule has 0 saturated heterocycles. The molecule has 0 radical (unpaired) electrons. The standard InChI is InChI=1S/C10H15P/c1-7(2)10-6-5-8(3)9(4)11-10/h5-7H,1-4H3. The number of aryl methyl sites for hydroxylation is 2. The van der Waals surface area contributed by atoms with Crippen LogP contribution in [0.5, 0.6) is 0 Å². The van der Waals surface area contributed by atoms with E-state index in [1.54, 1.807) is 0 Å². The molecule has 1 heteroatoms. The second kappa shape index (κ2) is 3.36. The predicted octanol–water partition coefficient (Wildman–Crippen LogP) is 4.01. The Kier molecular flexibility index (Phi) is 2.67. The van der Waals surface area contributed by atoms with Crippen LogP contribution in [0.15, 0.2) is 12.1 Å². The van der Waals surface area contributed by atoms with Gasteiger partial charge in [-0.05, 0) is 35.9 Å². The van der Waals surface area contributed by atoms with Gasteiger partial charge in [-0.3, -0.25) is 0 Å². The molecule has 0 aliphatic heterocycles. The summed E-state index contributed by atoms with van der Waals surface area (Å²) in [6.07, 6.45) is 0. The summed E-state index contributed by atoms with van der Waals surface area (Å²) in [5, 5.41) is 3.03. The number of rotatable bonds is 1. The third kappa shape index (κ3) is 2.04. The van der Waals surface area contributed by atoms with Crippen LogP contribution in [0.4, 0.5) is 0 Å². The van der Waals surface area contributed by atoms with Crippen LogP contribution >= 0.6 is 8.19 Å². The minimum atomic E-state index is 0.691. The Morgan fingerprint density at radius 2 is 1.82 bits per heavy atom. The van der Waals surface area contributed by atoms with Crippen molar-refractivity contribution in [3.8, 4) is 0 Å². The normalized spacial score (nSPS) is 11.4. The molecule has 0 aliphatic carbocycles. The van der Waals surface area contributed by atoms with Crippen molar-refractivity contribution in [2.75, 3.05) is 0 Å². The summed E-state index contributed by atoms with van der Waals surface area (Å²) in [5.41, 5.74) is 1.43. The molecule has 0 fully saturated rings. The average molecular weight is 166 g/mol. The van der Waals surface area contributed by atoms with Gasteiger partial charge in [-0.2, -0.15) is 0 Å². The van der Waals surface area contributed by atoms with E-state index in [1.807, 2.05) is 0 Å². The zero-order valence-electron chi connectivity index (χ0n) is 7.68. The second-order valence-electron chi connectivity index (χ2n) is 3.29. The van der Waals surface area contributed by atoms with Crippen molar-refractivity contribution in [2.24, 2.45) is 0 Å². The first-order chi connectivity index (χ1) is 5.11. The molecule has 0 saturated carbocycles. The zero-order chi connectivity index (χ0) is 8.43. The van der Waals surface area contributed by atoms with Crippen LogP contribution in [0.3, 0.4) is 0 Å². The SMILES string of the molecule is Cc1ccc(C(C)C)pc1C. The lowest BCUT2D eigenvalue weighted by Gasteiger charge is -2.06. The van der Waals surface area contributed by atoms with E-state index in [1.165, 1.54) is 24.3 Å². The minimum absolute atomic E-state index is 0.691. The fraction of sp³-hybridized carbons (Fsp3) is 0.500. The van der Waals surface area contributed by atoms with Gasteiger partial charge in [0, 0.05) is 0 Å². The zero-order valence-corrected chi connectivity index (χ0v) is 8.57. The fourth-order valence-corrected chi connectivity index (χ4v) is 2.02. The Bertz CT molecular complexity index is 251.